The molecule has 19 heavy (non-hydrogen) atoms. The molecule has 0 radical (unpaired) electrons. The number of ether oxygens (including phenoxy) is 1. The third-order valence-electron chi connectivity index (χ3n) is 3.79. The highest BCUT2D eigenvalue weighted by atomic mass is 16.5. The van der Waals surface area contributed by atoms with Gasteiger partial charge >= 0.3 is 0 Å². The van der Waals surface area contributed by atoms with Crippen LogP contribution in [0.2, 0.25) is 0 Å². The van der Waals surface area contributed by atoms with E-state index in [0.29, 0.717) is 0 Å². The average molecular weight is 254 g/mol. The largest absolute Gasteiger partial charge is 0.488 e. The summed E-state index contributed by atoms with van der Waals surface area (Å²) in [4.78, 5) is 6.68. The van der Waals surface area contributed by atoms with Gasteiger partial charge in [0.15, 0.2) is 11.6 Å². The van der Waals surface area contributed by atoms with E-state index in [2.05, 4.69) is 48.0 Å². The number of likely N-dealkylation sites (N-methyl/N-ethyl adjacent to an activating group) is 1. The maximum Gasteiger partial charge on any atom is 0.171 e. The fraction of sp³-hybridized carbons (Fsp3) is 0.312. The molecule has 0 N–H and O–H groups in total. The van der Waals surface area contributed by atoms with Gasteiger partial charge in [-0.1, -0.05) is 18.2 Å². The number of fused-ring (bicyclic) bond motifs is 1. The Kier molecular flexibility index (Phi) is 2.90. The van der Waals surface area contributed by atoms with E-state index < -0.39 is 0 Å². The van der Waals surface area contributed by atoms with Crippen molar-refractivity contribution >= 4 is 5.82 Å². The van der Waals surface area contributed by atoms with Gasteiger partial charge in [-0.25, -0.2) is 4.98 Å². The molecule has 0 spiro atoms. The van der Waals surface area contributed by atoms with Crippen LogP contribution < -0.4 is 9.64 Å². The highest BCUT2D eigenvalue weighted by molar-refractivity contribution is 5.71. The number of aryl methyl sites for hydroxylation is 1. The molecule has 3 rings (SSSR count). The van der Waals surface area contributed by atoms with Crippen LogP contribution in [-0.2, 0) is 0 Å². The number of rotatable bonds is 1. The molecule has 1 aromatic heterocycles. The van der Waals surface area contributed by atoms with Gasteiger partial charge < -0.3 is 9.64 Å². The normalized spacial score (nSPS) is 13.9. The van der Waals surface area contributed by atoms with Crippen molar-refractivity contribution in [1.82, 2.24) is 4.98 Å². The molecule has 3 nitrogen and oxygen atoms in total. The molecule has 0 saturated carbocycles. The smallest absolute Gasteiger partial charge is 0.171 e. The number of aromatic nitrogens is 1. The molecule has 1 aromatic carbocycles. The van der Waals surface area contributed by atoms with E-state index in [0.717, 1.165) is 30.3 Å². The van der Waals surface area contributed by atoms with Crippen LogP contribution in [0.15, 0.2) is 30.5 Å². The van der Waals surface area contributed by atoms with Gasteiger partial charge in [0.25, 0.3) is 0 Å². The Morgan fingerprint density at radius 1 is 1.26 bits per heavy atom. The van der Waals surface area contributed by atoms with Crippen molar-refractivity contribution in [1.29, 1.82) is 0 Å². The molecule has 0 saturated heterocycles. The lowest BCUT2D eigenvalue weighted by Gasteiger charge is -2.26. The molecular formula is C16H18N2O. The number of pyridine rings is 1. The predicted octanol–water partition coefficient (Wildman–Crippen LogP) is 3.19. The summed E-state index contributed by atoms with van der Waals surface area (Å²) in [7, 11) is 2.05. The Labute approximate surface area is 113 Å². The Hall–Kier alpha value is -2.03. The zero-order valence-corrected chi connectivity index (χ0v) is 11.6. The predicted molar refractivity (Wildman–Crippen MR) is 77.9 cm³/mol. The summed E-state index contributed by atoms with van der Waals surface area (Å²) in [6, 6.07) is 8.46. The molecule has 2 aromatic rings. The first kappa shape index (κ1) is 12.0. The summed E-state index contributed by atoms with van der Waals surface area (Å²) >= 11 is 0. The van der Waals surface area contributed by atoms with Crippen LogP contribution >= 0.6 is 0 Å². The van der Waals surface area contributed by atoms with Gasteiger partial charge in [0, 0.05) is 18.8 Å². The second-order valence-electron chi connectivity index (χ2n) is 5.06. The first-order valence-electron chi connectivity index (χ1n) is 6.57. The van der Waals surface area contributed by atoms with Gasteiger partial charge in [0.1, 0.15) is 6.61 Å². The average Bonchev–Trinajstić information content (AvgIpc) is 2.42. The van der Waals surface area contributed by atoms with Crippen molar-refractivity contribution in [3.63, 3.8) is 0 Å². The van der Waals surface area contributed by atoms with Crippen molar-refractivity contribution in [3.05, 3.63) is 41.6 Å². The van der Waals surface area contributed by atoms with Crippen LogP contribution in [0.25, 0.3) is 11.1 Å². The molecule has 0 bridgehead atoms. The molecule has 0 amide bonds. The molecule has 0 unspecified atom stereocenters. The first-order valence-corrected chi connectivity index (χ1v) is 6.57. The quantitative estimate of drug-likeness (QED) is 0.781. The van der Waals surface area contributed by atoms with Gasteiger partial charge in [-0.15, -0.1) is 0 Å². The molecule has 1 aliphatic rings. The van der Waals surface area contributed by atoms with Crippen LogP contribution in [0.5, 0.6) is 5.75 Å². The van der Waals surface area contributed by atoms with E-state index in [1.165, 1.54) is 16.7 Å². The monoisotopic (exact) mass is 254 g/mol. The molecule has 1 aliphatic heterocycles. The van der Waals surface area contributed by atoms with Crippen molar-refractivity contribution in [2.45, 2.75) is 13.8 Å². The number of nitrogens with zero attached hydrogens (tertiary/aromatic N) is 2. The minimum Gasteiger partial charge on any atom is -0.488 e. The van der Waals surface area contributed by atoms with Gasteiger partial charge in [-0.2, -0.15) is 0 Å². The highest BCUT2D eigenvalue weighted by Crippen LogP contribution is 2.34. The van der Waals surface area contributed by atoms with Crippen LogP contribution in [0, 0.1) is 13.8 Å². The third-order valence-corrected chi connectivity index (χ3v) is 3.79. The van der Waals surface area contributed by atoms with E-state index in [9.17, 15) is 0 Å². The topological polar surface area (TPSA) is 25.4 Å². The fourth-order valence-electron chi connectivity index (χ4n) is 2.44. The summed E-state index contributed by atoms with van der Waals surface area (Å²) < 4.78 is 5.72. The first-order chi connectivity index (χ1) is 9.16. The lowest BCUT2D eigenvalue weighted by Crippen LogP contribution is -2.29. The van der Waals surface area contributed by atoms with E-state index in [4.69, 9.17) is 4.74 Å². The van der Waals surface area contributed by atoms with Crippen LogP contribution in [-0.4, -0.2) is 25.2 Å². The second kappa shape index (κ2) is 4.57. The third kappa shape index (κ3) is 2.05. The minimum atomic E-state index is 0.724. The summed E-state index contributed by atoms with van der Waals surface area (Å²) in [6.07, 6.45) is 1.94. The van der Waals surface area contributed by atoms with E-state index in [1.54, 1.807) is 0 Å². The Balaban J connectivity index is 2.09. The Bertz CT molecular complexity index is 622. The SMILES string of the molecule is Cc1cccc(-c2cnc3c(c2)OCCN3C)c1C. The van der Waals surface area contributed by atoms with Crippen LogP contribution in [0.3, 0.4) is 0 Å². The van der Waals surface area contributed by atoms with E-state index in [1.807, 2.05) is 13.2 Å². The zero-order chi connectivity index (χ0) is 13.4. The van der Waals surface area contributed by atoms with Crippen molar-refractivity contribution in [2.75, 3.05) is 25.1 Å². The number of hydrogen-bond acceptors (Lipinski definition) is 3. The summed E-state index contributed by atoms with van der Waals surface area (Å²) in [6.45, 7) is 5.90. The zero-order valence-electron chi connectivity index (χ0n) is 11.6. The summed E-state index contributed by atoms with van der Waals surface area (Å²) in [5, 5.41) is 0. The minimum absolute atomic E-state index is 0.724. The van der Waals surface area contributed by atoms with Gasteiger partial charge in [0.2, 0.25) is 0 Å². The van der Waals surface area contributed by atoms with E-state index >= 15 is 0 Å². The van der Waals surface area contributed by atoms with E-state index in [-0.39, 0.29) is 0 Å². The van der Waals surface area contributed by atoms with Crippen molar-refractivity contribution in [3.8, 4) is 16.9 Å². The molecule has 98 valence electrons. The molecule has 2 heterocycles. The standard InChI is InChI=1S/C16H18N2O/c1-11-5-4-6-14(12(11)2)13-9-15-16(17-10-13)18(3)7-8-19-15/h4-6,9-10H,7-8H2,1-3H3. The molecule has 3 heteroatoms. The number of hydrogen-bond donors (Lipinski definition) is 0. The van der Waals surface area contributed by atoms with Gasteiger partial charge in [0.05, 0.1) is 6.54 Å². The summed E-state index contributed by atoms with van der Waals surface area (Å²) in [5.74, 6) is 1.81. The second-order valence-corrected chi connectivity index (χ2v) is 5.06. The maximum absolute atomic E-state index is 5.72. The molecular weight excluding hydrogens is 236 g/mol. The van der Waals surface area contributed by atoms with Crippen LogP contribution in [0.1, 0.15) is 11.1 Å². The maximum atomic E-state index is 5.72. The number of benzene rings is 1. The van der Waals surface area contributed by atoms with Crippen molar-refractivity contribution in [2.24, 2.45) is 0 Å². The molecule has 0 fully saturated rings. The van der Waals surface area contributed by atoms with Crippen LogP contribution in [0.4, 0.5) is 5.82 Å². The van der Waals surface area contributed by atoms with Crippen molar-refractivity contribution < 1.29 is 4.74 Å². The number of anilines is 1. The molecule has 0 aliphatic carbocycles. The highest BCUT2D eigenvalue weighted by Gasteiger charge is 2.17. The lowest BCUT2D eigenvalue weighted by molar-refractivity contribution is 0.309. The van der Waals surface area contributed by atoms with Gasteiger partial charge in [-0.05, 0) is 36.6 Å². The Morgan fingerprint density at radius 3 is 2.95 bits per heavy atom. The Morgan fingerprint density at radius 2 is 2.11 bits per heavy atom. The van der Waals surface area contributed by atoms with Gasteiger partial charge in [-0.3, -0.25) is 0 Å². The summed E-state index contributed by atoms with van der Waals surface area (Å²) in [5.41, 5.74) is 4.95. The molecule has 0 atom stereocenters. The fourth-order valence-corrected chi connectivity index (χ4v) is 2.44. The lowest BCUT2D eigenvalue weighted by atomic mass is 9.98.